The van der Waals surface area contributed by atoms with Gasteiger partial charge in [-0.1, -0.05) is 41.4 Å². The normalized spacial score (nSPS) is 12.7. The maximum atomic E-state index is 6.20. The lowest BCUT2D eigenvalue weighted by atomic mass is 10.0. The Morgan fingerprint density at radius 2 is 2.06 bits per heavy atom. The summed E-state index contributed by atoms with van der Waals surface area (Å²) in [5, 5.41) is 4.86. The van der Waals surface area contributed by atoms with Crippen LogP contribution in [0.15, 0.2) is 30.5 Å². The number of halogens is 1. The number of hydrogen-bond donors (Lipinski definition) is 2. The number of nitrogens with one attached hydrogen (secondary N) is 1. The van der Waals surface area contributed by atoms with Gasteiger partial charge in [-0.3, -0.25) is 10.5 Å². The molecule has 4 nitrogen and oxygen atoms in total. The van der Waals surface area contributed by atoms with Crippen LogP contribution in [0.5, 0.6) is 0 Å². The van der Waals surface area contributed by atoms with Crippen molar-refractivity contribution in [3.63, 3.8) is 0 Å². The van der Waals surface area contributed by atoms with Gasteiger partial charge < -0.3 is 0 Å². The molecule has 5 heteroatoms. The molecule has 0 bridgehead atoms. The molecule has 2 rings (SSSR count). The van der Waals surface area contributed by atoms with E-state index in [9.17, 15) is 0 Å². The van der Waals surface area contributed by atoms with E-state index in [4.69, 9.17) is 17.4 Å². The molecule has 0 spiro atoms. The van der Waals surface area contributed by atoms with E-state index in [2.05, 4.69) is 29.6 Å². The van der Waals surface area contributed by atoms with E-state index < -0.39 is 0 Å². The molecule has 3 N–H and O–H groups in total. The van der Waals surface area contributed by atoms with Crippen LogP contribution in [0.3, 0.4) is 0 Å². The molecule has 1 atom stereocenters. The van der Waals surface area contributed by atoms with Crippen LogP contribution in [0.1, 0.15) is 29.8 Å². The summed E-state index contributed by atoms with van der Waals surface area (Å²) in [5.74, 6) is 5.68. The monoisotopic (exact) mass is 264 g/mol. The average molecular weight is 265 g/mol. The van der Waals surface area contributed by atoms with Crippen LogP contribution in [-0.4, -0.2) is 9.78 Å². The van der Waals surface area contributed by atoms with Crippen molar-refractivity contribution in [3.8, 4) is 0 Å². The highest BCUT2D eigenvalue weighted by Gasteiger charge is 2.20. The van der Waals surface area contributed by atoms with Crippen molar-refractivity contribution in [3.05, 3.63) is 52.3 Å². The van der Waals surface area contributed by atoms with Crippen molar-refractivity contribution in [2.75, 3.05) is 0 Å². The predicted molar refractivity (Wildman–Crippen MR) is 73.3 cm³/mol. The molecule has 0 amide bonds. The highest BCUT2D eigenvalue weighted by molar-refractivity contribution is 6.31. The summed E-state index contributed by atoms with van der Waals surface area (Å²) in [6, 6.07) is 8.05. The Kier molecular flexibility index (Phi) is 4.01. The Morgan fingerprint density at radius 3 is 2.61 bits per heavy atom. The molecular weight excluding hydrogens is 248 g/mol. The summed E-state index contributed by atoms with van der Waals surface area (Å²) in [5.41, 5.74) is 5.99. The third-order valence-electron chi connectivity index (χ3n) is 2.98. The number of nitrogens with zero attached hydrogens (tertiary/aromatic N) is 2. The maximum absolute atomic E-state index is 6.20. The van der Waals surface area contributed by atoms with Crippen LogP contribution in [-0.2, 0) is 6.54 Å². The minimum Gasteiger partial charge on any atom is -0.271 e. The molecule has 2 aromatic rings. The third kappa shape index (κ3) is 2.41. The lowest BCUT2D eigenvalue weighted by Crippen LogP contribution is -2.31. The minimum atomic E-state index is -0.152. The molecule has 1 aromatic carbocycles. The van der Waals surface area contributed by atoms with Gasteiger partial charge in [0.15, 0.2) is 0 Å². The Hall–Kier alpha value is -1.36. The van der Waals surface area contributed by atoms with Crippen LogP contribution in [0, 0.1) is 6.92 Å². The first-order chi connectivity index (χ1) is 8.67. The van der Waals surface area contributed by atoms with Gasteiger partial charge >= 0.3 is 0 Å². The number of rotatable bonds is 4. The van der Waals surface area contributed by atoms with Gasteiger partial charge in [-0.2, -0.15) is 5.10 Å². The summed E-state index contributed by atoms with van der Waals surface area (Å²) in [7, 11) is 0. The van der Waals surface area contributed by atoms with Crippen LogP contribution in [0.2, 0.25) is 5.02 Å². The highest BCUT2D eigenvalue weighted by atomic mass is 35.5. The maximum Gasteiger partial charge on any atom is 0.0893 e. The van der Waals surface area contributed by atoms with Gasteiger partial charge in [0.25, 0.3) is 0 Å². The average Bonchev–Trinajstić information content (AvgIpc) is 2.74. The summed E-state index contributed by atoms with van der Waals surface area (Å²) >= 11 is 6.20. The van der Waals surface area contributed by atoms with Crippen LogP contribution in [0.25, 0.3) is 0 Å². The van der Waals surface area contributed by atoms with Gasteiger partial charge in [-0.25, -0.2) is 5.43 Å². The molecule has 96 valence electrons. The summed E-state index contributed by atoms with van der Waals surface area (Å²) in [6.07, 6.45) is 1.65. The summed E-state index contributed by atoms with van der Waals surface area (Å²) in [6.45, 7) is 4.83. The molecule has 0 fully saturated rings. The van der Waals surface area contributed by atoms with Gasteiger partial charge in [-0.15, -0.1) is 0 Å². The summed E-state index contributed by atoms with van der Waals surface area (Å²) < 4.78 is 1.85. The number of aryl methyl sites for hydroxylation is 2. The lowest BCUT2D eigenvalue weighted by molar-refractivity contribution is 0.543. The zero-order chi connectivity index (χ0) is 13.1. The van der Waals surface area contributed by atoms with Gasteiger partial charge in [0.1, 0.15) is 0 Å². The minimum absolute atomic E-state index is 0.152. The first-order valence-electron chi connectivity index (χ1n) is 5.91. The number of aromatic nitrogens is 2. The molecule has 0 aliphatic rings. The van der Waals surface area contributed by atoms with Gasteiger partial charge in [0.05, 0.1) is 23.0 Å². The van der Waals surface area contributed by atoms with Crippen molar-refractivity contribution in [1.29, 1.82) is 0 Å². The number of hydrazine groups is 1. The lowest BCUT2D eigenvalue weighted by Gasteiger charge is -2.18. The fraction of sp³-hybridized carbons (Fsp3) is 0.308. The largest absolute Gasteiger partial charge is 0.271 e. The second-order valence-electron chi connectivity index (χ2n) is 4.20. The molecule has 0 aliphatic carbocycles. The van der Waals surface area contributed by atoms with E-state index in [1.165, 1.54) is 5.56 Å². The fourth-order valence-corrected chi connectivity index (χ4v) is 2.25. The Morgan fingerprint density at radius 1 is 1.39 bits per heavy atom. The fourth-order valence-electron chi connectivity index (χ4n) is 2.00. The predicted octanol–water partition coefficient (Wildman–Crippen LogP) is 2.42. The number of hydrogen-bond acceptors (Lipinski definition) is 3. The quantitative estimate of drug-likeness (QED) is 0.659. The van der Waals surface area contributed by atoms with Crippen molar-refractivity contribution in [1.82, 2.24) is 15.2 Å². The molecule has 1 heterocycles. The molecule has 0 saturated heterocycles. The first kappa shape index (κ1) is 13.1. The SMILES string of the molecule is CCn1ncc(Cl)c1C(NN)c1ccc(C)cc1. The molecule has 0 radical (unpaired) electrons. The van der Waals surface area contributed by atoms with Gasteiger partial charge in [-0.05, 0) is 19.4 Å². The molecule has 18 heavy (non-hydrogen) atoms. The molecule has 0 aliphatic heterocycles. The summed E-state index contributed by atoms with van der Waals surface area (Å²) in [4.78, 5) is 0. The molecule has 1 unspecified atom stereocenters. The van der Waals surface area contributed by atoms with Crippen molar-refractivity contribution >= 4 is 11.6 Å². The van der Waals surface area contributed by atoms with Crippen molar-refractivity contribution < 1.29 is 0 Å². The number of benzene rings is 1. The van der Waals surface area contributed by atoms with Crippen LogP contribution in [0.4, 0.5) is 0 Å². The van der Waals surface area contributed by atoms with E-state index in [0.717, 1.165) is 17.8 Å². The van der Waals surface area contributed by atoms with E-state index in [0.29, 0.717) is 5.02 Å². The zero-order valence-electron chi connectivity index (χ0n) is 10.5. The Balaban J connectivity index is 2.44. The van der Waals surface area contributed by atoms with E-state index in [1.807, 2.05) is 23.7 Å². The van der Waals surface area contributed by atoms with Crippen LogP contribution >= 0.6 is 11.6 Å². The van der Waals surface area contributed by atoms with E-state index in [-0.39, 0.29) is 6.04 Å². The second kappa shape index (κ2) is 5.52. The standard InChI is InChI=1S/C13H17ClN4/c1-3-18-13(11(14)8-16-18)12(17-15)10-6-4-9(2)5-7-10/h4-8,12,17H,3,15H2,1-2H3. The van der Waals surface area contributed by atoms with Crippen molar-refractivity contribution in [2.45, 2.75) is 26.4 Å². The topological polar surface area (TPSA) is 55.9 Å². The first-order valence-corrected chi connectivity index (χ1v) is 6.29. The second-order valence-corrected chi connectivity index (χ2v) is 4.61. The smallest absolute Gasteiger partial charge is 0.0893 e. The molecule has 0 saturated carbocycles. The Labute approximate surface area is 112 Å². The van der Waals surface area contributed by atoms with Gasteiger partial charge in [0.2, 0.25) is 0 Å². The van der Waals surface area contributed by atoms with Crippen molar-refractivity contribution in [2.24, 2.45) is 5.84 Å². The van der Waals surface area contributed by atoms with Crippen LogP contribution < -0.4 is 11.3 Å². The third-order valence-corrected chi connectivity index (χ3v) is 3.27. The van der Waals surface area contributed by atoms with E-state index >= 15 is 0 Å². The Bertz CT molecular complexity index is 518. The highest BCUT2D eigenvalue weighted by Crippen LogP contribution is 2.27. The number of nitrogens with two attached hydrogens (primary N) is 1. The molecular formula is C13H17ClN4. The van der Waals surface area contributed by atoms with E-state index in [1.54, 1.807) is 6.20 Å². The molecule has 1 aromatic heterocycles. The zero-order valence-corrected chi connectivity index (χ0v) is 11.3. The van der Waals surface area contributed by atoms with Gasteiger partial charge in [0, 0.05) is 6.54 Å².